The monoisotopic (exact) mass is 321 g/mol. The first-order valence-electron chi connectivity index (χ1n) is 7.23. The maximum absolute atomic E-state index is 13.4. The Morgan fingerprint density at radius 3 is 1.91 bits per heavy atom. The van der Waals surface area contributed by atoms with E-state index in [2.05, 4.69) is 0 Å². The van der Waals surface area contributed by atoms with E-state index < -0.39 is 40.7 Å². The third-order valence-corrected chi connectivity index (χ3v) is 3.98. The number of benzene rings is 1. The van der Waals surface area contributed by atoms with E-state index in [-0.39, 0.29) is 6.42 Å². The van der Waals surface area contributed by atoms with Gasteiger partial charge >= 0.3 is 0 Å². The number of rotatable bonds is 4. The molecule has 1 fully saturated rings. The van der Waals surface area contributed by atoms with Gasteiger partial charge in [-0.1, -0.05) is 32.1 Å². The minimum absolute atomic E-state index is 0.00976. The molecule has 0 bridgehead atoms. The molecule has 122 valence electrons. The van der Waals surface area contributed by atoms with Gasteiger partial charge in [-0.2, -0.15) is 0 Å². The van der Waals surface area contributed by atoms with Crippen molar-refractivity contribution in [3.8, 4) is 0 Å². The van der Waals surface area contributed by atoms with Crippen molar-refractivity contribution in [2.75, 3.05) is 5.32 Å². The van der Waals surface area contributed by atoms with Crippen molar-refractivity contribution in [1.29, 1.82) is 0 Å². The van der Waals surface area contributed by atoms with Crippen LogP contribution in [0.25, 0.3) is 0 Å². The Kier molecular flexibility index (Phi) is 5.37. The van der Waals surface area contributed by atoms with Crippen molar-refractivity contribution in [2.45, 2.75) is 44.9 Å². The highest BCUT2D eigenvalue weighted by atomic mass is 19.2. The highest BCUT2D eigenvalue weighted by Crippen LogP contribution is 2.29. The molecule has 1 saturated carbocycles. The molecule has 2 nitrogen and oxygen atoms in total. The van der Waals surface area contributed by atoms with Gasteiger partial charge in [-0.25, -0.2) is 22.0 Å². The lowest BCUT2D eigenvalue weighted by molar-refractivity contribution is -0.116. The van der Waals surface area contributed by atoms with Gasteiger partial charge in [-0.15, -0.1) is 0 Å². The molecule has 0 aromatic heterocycles. The Morgan fingerprint density at radius 2 is 1.36 bits per heavy atom. The molecule has 0 saturated heterocycles. The van der Waals surface area contributed by atoms with Crippen LogP contribution in [0.4, 0.5) is 27.6 Å². The molecule has 1 aromatic rings. The lowest BCUT2D eigenvalue weighted by Gasteiger charge is -2.21. The normalized spacial score (nSPS) is 15.9. The molecule has 22 heavy (non-hydrogen) atoms. The zero-order chi connectivity index (χ0) is 16.3. The highest BCUT2D eigenvalue weighted by Gasteiger charge is 2.27. The fourth-order valence-electron chi connectivity index (χ4n) is 2.73. The molecule has 0 spiro atoms. The van der Waals surface area contributed by atoms with Crippen molar-refractivity contribution in [1.82, 2.24) is 0 Å². The number of hydrogen-bond acceptors (Lipinski definition) is 1. The van der Waals surface area contributed by atoms with E-state index in [4.69, 9.17) is 0 Å². The predicted octanol–water partition coefficient (Wildman–Crippen LogP) is 4.68. The minimum Gasteiger partial charge on any atom is -0.321 e. The summed E-state index contributed by atoms with van der Waals surface area (Å²) in [6.45, 7) is 0. The summed E-state index contributed by atoms with van der Waals surface area (Å²) in [5.74, 6) is -10.8. The summed E-state index contributed by atoms with van der Waals surface area (Å²) in [7, 11) is 0. The first-order chi connectivity index (χ1) is 10.4. The van der Waals surface area contributed by atoms with Crippen molar-refractivity contribution in [2.24, 2.45) is 5.92 Å². The van der Waals surface area contributed by atoms with Gasteiger partial charge in [0.1, 0.15) is 5.69 Å². The largest absolute Gasteiger partial charge is 0.321 e. The average Bonchev–Trinajstić information content (AvgIpc) is 2.54. The van der Waals surface area contributed by atoms with Crippen LogP contribution >= 0.6 is 0 Å². The first kappa shape index (κ1) is 16.7. The van der Waals surface area contributed by atoms with Crippen LogP contribution in [0.3, 0.4) is 0 Å². The smallest absolute Gasteiger partial charge is 0.224 e. The lowest BCUT2D eigenvalue weighted by Crippen LogP contribution is -2.18. The second-order valence-electron chi connectivity index (χ2n) is 5.54. The van der Waals surface area contributed by atoms with Gasteiger partial charge in [0.25, 0.3) is 0 Å². The molecule has 0 radical (unpaired) electrons. The van der Waals surface area contributed by atoms with Gasteiger partial charge in [0.15, 0.2) is 23.3 Å². The number of nitrogens with one attached hydrogen (secondary N) is 1. The molecular formula is C15H16F5NO. The van der Waals surface area contributed by atoms with E-state index in [0.717, 1.165) is 32.1 Å². The quantitative estimate of drug-likeness (QED) is 0.487. The maximum atomic E-state index is 13.4. The molecule has 1 aliphatic carbocycles. The fourth-order valence-corrected chi connectivity index (χ4v) is 2.73. The van der Waals surface area contributed by atoms with E-state index in [1.165, 1.54) is 0 Å². The Hall–Kier alpha value is -1.66. The van der Waals surface area contributed by atoms with Crippen molar-refractivity contribution >= 4 is 11.6 Å². The second-order valence-corrected chi connectivity index (χ2v) is 5.54. The summed E-state index contributed by atoms with van der Waals surface area (Å²) in [4.78, 5) is 11.7. The molecule has 1 N–H and O–H groups in total. The minimum atomic E-state index is -2.24. The van der Waals surface area contributed by atoms with E-state index in [1.807, 2.05) is 0 Å². The summed E-state index contributed by atoms with van der Waals surface area (Å²) < 4.78 is 65.8. The predicted molar refractivity (Wildman–Crippen MR) is 70.7 cm³/mol. The summed E-state index contributed by atoms with van der Waals surface area (Å²) >= 11 is 0. The number of amides is 1. The molecule has 0 aliphatic heterocycles. The van der Waals surface area contributed by atoms with E-state index >= 15 is 0 Å². The molecular weight excluding hydrogens is 305 g/mol. The maximum Gasteiger partial charge on any atom is 0.224 e. The molecule has 0 heterocycles. The lowest BCUT2D eigenvalue weighted by atomic mass is 9.86. The summed E-state index contributed by atoms with van der Waals surface area (Å²) in [6.07, 6.45) is 5.86. The third-order valence-electron chi connectivity index (χ3n) is 3.98. The van der Waals surface area contributed by atoms with E-state index in [1.54, 1.807) is 5.32 Å². The van der Waals surface area contributed by atoms with Gasteiger partial charge in [-0.3, -0.25) is 4.79 Å². The van der Waals surface area contributed by atoms with Gasteiger partial charge in [0, 0.05) is 6.42 Å². The van der Waals surface area contributed by atoms with E-state index in [9.17, 15) is 26.7 Å². The van der Waals surface area contributed by atoms with Crippen LogP contribution in [-0.4, -0.2) is 5.91 Å². The van der Waals surface area contributed by atoms with Crippen LogP contribution in [0.1, 0.15) is 44.9 Å². The second kappa shape index (κ2) is 7.07. The molecule has 0 atom stereocenters. The Bertz CT molecular complexity index is 541. The SMILES string of the molecule is O=C(CCC1CCCCC1)Nc1c(F)c(F)c(F)c(F)c1F. The van der Waals surface area contributed by atoms with Crippen molar-refractivity contribution in [3.63, 3.8) is 0 Å². The fraction of sp³-hybridized carbons (Fsp3) is 0.533. The molecule has 1 amide bonds. The summed E-state index contributed by atoms with van der Waals surface area (Å²) in [6, 6.07) is 0. The first-order valence-corrected chi connectivity index (χ1v) is 7.23. The summed E-state index contributed by atoms with van der Waals surface area (Å²) in [5.41, 5.74) is -1.29. The topological polar surface area (TPSA) is 29.1 Å². The van der Waals surface area contributed by atoms with Crippen LogP contribution in [0.15, 0.2) is 0 Å². The average molecular weight is 321 g/mol. The number of carbonyl (C=O) groups excluding carboxylic acids is 1. The van der Waals surface area contributed by atoms with Crippen LogP contribution in [0, 0.1) is 35.0 Å². The van der Waals surface area contributed by atoms with Crippen LogP contribution < -0.4 is 5.32 Å². The van der Waals surface area contributed by atoms with Gasteiger partial charge in [0.2, 0.25) is 11.7 Å². The Labute approximate surface area is 124 Å². The Morgan fingerprint density at radius 1 is 0.864 bits per heavy atom. The standard InChI is InChI=1S/C15H16F5NO/c16-10-11(17)13(19)15(14(20)12(10)18)21-9(22)7-6-8-4-2-1-3-5-8/h8H,1-7H2,(H,21,22). The van der Waals surface area contributed by atoms with Gasteiger partial charge in [0.05, 0.1) is 0 Å². The van der Waals surface area contributed by atoms with E-state index in [0.29, 0.717) is 12.3 Å². The molecule has 7 heteroatoms. The van der Waals surface area contributed by atoms with Crippen LogP contribution in [0.5, 0.6) is 0 Å². The number of carbonyl (C=O) groups is 1. The Balaban J connectivity index is 2.02. The number of hydrogen-bond donors (Lipinski definition) is 1. The van der Waals surface area contributed by atoms with Gasteiger partial charge in [-0.05, 0) is 12.3 Å². The molecule has 2 rings (SSSR count). The van der Waals surface area contributed by atoms with Crippen molar-refractivity contribution < 1.29 is 26.7 Å². The molecule has 1 aromatic carbocycles. The summed E-state index contributed by atoms with van der Waals surface area (Å²) in [5, 5.41) is 1.79. The van der Waals surface area contributed by atoms with Crippen molar-refractivity contribution in [3.05, 3.63) is 29.1 Å². The van der Waals surface area contributed by atoms with Gasteiger partial charge < -0.3 is 5.32 Å². The molecule has 0 unspecified atom stereocenters. The zero-order valence-corrected chi connectivity index (χ0v) is 11.8. The third kappa shape index (κ3) is 3.56. The number of anilines is 1. The number of halogens is 5. The molecule has 1 aliphatic rings. The van der Waals surface area contributed by atoms with Crippen LogP contribution in [-0.2, 0) is 4.79 Å². The highest BCUT2D eigenvalue weighted by molar-refractivity contribution is 5.91. The zero-order valence-electron chi connectivity index (χ0n) is 11.8. The van der Waals surface area contributed by atoms with Crippen LogP contribution in [0.2, 0.25) is 0 Å².